The van der Waals surface area contributed by atoms with Crippen LogP contribution in [0.5, 0.6) is 0 Å². The SMILES string of the molecule is CN(Cc1nc2ccsc2c(=O)[nH]1)C(=O)c1c(F)cccc1Cl. The van der Waals surface area contributed by atoms with Crippen molar-refractivity contribution in [3.63, 3.8) is 0 Å². The molecule has 23 heavy (non-hydrogen) atoms. The monoisotopic (exact) mass is 351 g/mol. The van der Waals surface area contributed by atoms with Gasteiger partial charge in [0.25, 0.3) is 11.5 Å². The second-order valence-corrected chi connectivity index (χ2v) is 6.23. The lowest BCUT2D eigenvalue weighted by Crippen LogP contribution is -2.29. The van der Waals surface area contributed by atoms with Gasteiger partial charge in [-0.05, 0) is 23.6 Å². The van der Waals surface area contributed by atoms with Gasteiger partial charge in [-0.15, -0.1) is 11.3 Å². The van der Waals surface area contributed by atoms with E-state index in [4.69, 9.17) is 11.6 Å². The van der Waals surface area contributed by atoms with Crippen LogP contribution in [0.1, 0.15) is 16.2 Å². The Morgan fingerprint density at radius 1 is 1.43 bits per heavy atom. The highest BCUT2D eigenvalue weighted by Gasteiger charge is 2.20. The maximum Gasteiger partial charge on any atom is 0.268 e. The number of hydrogen-bond donors (Lipinski definition) is 1. The summed E-state index contributed by atoms with van der Waals surface area (Å²) in [6.07, 6.45) is 0. The summed E-state index contributed by atoms with van der Waals surface area (Å²) in [5, 5.41) is 1.81. The van der Waals surface area contributed by atoms with Gasteiger partial charge < -0.3 is 9.88 Å². The fourth-order valence-corrected chi connectivity index (χ4v) is 3.16. The van der Waals surface area contributed by atoms with Crippen LogP contribution in [0.3, 0.4) is 0 Å². The summed E-state index contributed by atoms with van der Waals surface area (Å²) >= 11 is 7.20. The predicted molar refractivity (Wildman–Crippen MR) is 87.4 cm³/mol. The third-order valence-electron chi connectivity index (χ3n) is 3.27. The fourth-order valence-electron chi connectivity index (χ4n) is 2.19. The molecule has 118 valence electrons. The van der Waals surface area contributed by atoms with Gasteiger partial charge in [0.05, 0.1) is 22.6 Å². The summed E-state index contributed by atoms with van der Waals surface area (Å²) in [6.45, 7) is 0.0323. The molecule has 0 atom stereocenters. The van der Waals surface area contributed by atoms with Gasteiger partial charge in [0.2, 0.25) is 0 Å². The smallest absolute Gasteiger partial charge is 0.268 e. The number of rotatable bonds is 3. The number of benzene rings is 1. The van der Waals surface area contributed by atoms with E-state index in [-0.39, 0.29) is 22.7 Å². The van der Waals surface area contributed by atoms with Crippen molar-refractivity contribution in [3.8, 4) is 0 Å². The van der Waals surface area contributed by atoms with Gasteiger partial charge >= 0.3 is 0 Å². The molecule has 0 saturated carbocycles. The summed E-state index contributed by atoms with van der Waals surface area (Å²) in [7, 11) is 1.49. The highest BCUT2D eigenvalue weighted by atomic mass is 35.5. The number of thiophene rings is 1. The first kappa shape index (κ1) is 15.6. The lowest BCUT2D eigenvalue weighted by molar-refractivity contribution is 0.0777. The van der Waals surface area contributed by atoms with Crippen LogP contribution < -0.4 is 5.56 Å². The number of aromatic nitrogens is 2. The van der Waals surface area contributed by atoms with Crippen LogP contribution in [0.15, 0.2) is 34.4 Å². The van der Waals surface area contributed by atoms with E-state index in [0.717, 1.165) is 0 Å². The van der Waals surface area contributed by atoms with Crippen LogP contribution >= 0.6 is 22.9 Å². The molecule has 1 aromatic carbocycles. The first-order chi connectivity index (χ1) is 11.0. The van der Waals surface area contributed by atoms with Gasteiger partial charge in [0.15, 0.2) is 0 Å². The Kier molecular flexibility index (Phi) is 4.14. The number of carbonyl (C=O) groups excluding carboxylic acids is 1. The molecule has 0 aliphatic carbocycles. The van der Waals surface area contributed by atoms with Gasteiger partial charge in [-0.2, -0.15) is 0 Å². The molecule has 0 saturated heterocycles. The normalized spacial score (nSPS) is 10.9. The van der Waals surface area contributed by atoms with Crippen LogP contribution in [0.2, 0.25) is 5.02 Å². The number of carbonyl (C=O) groups is 1. The zero-order valence-electron chi connectivity index (χ0n) is 12.0. The molecule has 2 aromatic heterocycles. The van der Waals surface area contributed by atoms with Crippen molar-refractivity contribution < 1.29 is 9.18 Å². The Labute approximate surface area is 139 Å². The van der Waals surface area contributed by atoms with Gasteiger partial charge in [-0.1, -0.05) is 17.7 Å². The van der Waals surface area contributed by atoms with E-state index >= 15 is 0 Å². The molecule has 1 amide bonds. The molecule has 0 spiro atoms. The highest BCUT2D eigenvalue weighted by Crippen LogP contribution is 2.21. The van der Waals surface area contributed by atoms with Crippen molar-refractivity contribution in [1.29, 1.82) is 0 Å². The molecule has 0 aliphatic heterocycles. The standard InChI is InChI=1S/C15H11ClFN3O2S/c1-20(15(22)12-8(16)3-2-4-9(12)17)7-11-18-10-5-6-23-13(10)14(21)19-11/h2-6H,7H2,1H3,(H,18,19,21). The molecule has 5 nitrogen and oxygen atoms in total. The lowest BCUT2D eigenvalue weighted by atomic mass is 10.2. The zero-order valence-corrected chi connectivity index (χ0v) is 13.5. The first-order valence-electron chi connectivity index (χ1n) is 6.63. The van der Waals surface area contributed by atoms with Crippen molar-refractivity contribution in [2.75, 3.05) is 7.05 Å². The van der Waals surface area contributed by atoms with Crippen molar-refractivity contribution in [1.82, 2.24) is 14.9 Å². The summed E-state index contributed by atoms with van der Waals surface area (Å²) < 4.78 is 14.4. The minimum Gasteiger partial charge on any atom is -0.334 e. The number of aromatic amines is 1. The third kappa shape index (κ3) is 2.97. The summed E-state index contributed by atoms with van der Waals surface area (Å²) in [6, 6.07) is 5.78. The largest absolute Gasteiger partial charge is 0.334 e. The fraction of sp³-hybridized carbons (Fsp3) is 0.133. The molecule has 0 radical (unpaired) electrons. The van der Waals surface area contributed by atoms with Crippen LogP contribution in [0.4, 0.5) is 4.39 Å². The Hall–Kier alpha value is -2.25. The summed E-state index contributed by atoms with van der Waals surface area (Å²) in [4.78, 5) is 32.5. The number of H-pyrrole nitrogens is 1. The Bertz CT molecular complexity index is 933. The zero-order chi connectivity index (χ0) is 16.6. The van der Waals surface area contributed by atoms with E-state index in [1.165, 1.54) is 41.5 Å². The molecular weight excluding hydrogens is 341 g/mol. The van der Waals surface area contributed by atoms with Gasteiger partial charge in [-0.25, -0.2) is 9.37 Å². The first-order valence-corrected chi connectivity index (χ1v) is 7.89. The van der Waals surface area contributed by atoms with Crippen molar-refractivity contribution in [3.05, 3.63) is 62.2 Å². The van der Waals surface area contributed by atoms with Crippen molar-refractivity contribution in [2.45, 2.75) is 6.54 Å². The Morgan fingerprint density at radius 2 is 2.22 bits per heavy atom. The van der Waals surface area contributed by atoms with E-state index in [1.807, 2.05) is 0 Å². The average Bonchev–Trinajstić information content (AvgIpc) is 2.95. The van der Waals surface area contributed by atoms with E-state index < -0.39 is 11.7 Å². The van der Waals surface area contributed by atoms with Crippen LogP contribution in [0.25, 0.3) is 10.2 Å². The molecule has 0 fully saturated rings. The number of fused-ring (bicyclic) bond motifs is 1. The minimum atomic E-state index is -0.691. The number of halogens is 2. The molecule has 3 rings (SSSR count). The van der Waals surface area contributed by atoms with E-state index in [1.54, 1.807) is 11.4 Å². The van der Waals surface area contributed by atoms with Crippen LogP contribution in [0, 0.1) is 5.82 Å². The topological polar surface area (TPSA) is 66.1 Å². The van der Waals surface area contributed by atoms with E-state index in [2.05, 4.69) is 9.97 Å². The lowest BCUT2D eigenvalue weighted by Gasteiger charge is -2.17. The molecule has 1 N–H and O–H groups in total. The minimum absolute atomic E-state index is 0.0323. The van der Waals surface area contributed by atoms with Gasteiger partial charge in [-0.3, -0.25) is 9.59 Å². The predicted octanol–water partition coefficient (Wildman–Crippen LogP) is 3.05. The molecule has 0 aliphatic rings. The Balaban J connectivity index is 1.89. The molecular formula is C15H11ClFN3O2S. The average molecular weight is 352 g/mol. The highest BCUT2D eigenvalue weighted by molar-refractivity contribution is 7.17. The summed E-state index contributed by atoms with van der Waals surface area (Å²) in [5.41, 5.74) is 0.110. The van der Waals surface area contributed by atoms with Crippen molar-refractivity contribution in [2.24, 2.45) is 0 Å². The molecule has 8 heteroatoms. The van der Waals surface area contributed by atoms with Crippen LogP contribution in [-0.4, -0.2) is 27.8 Å². The number of amides is 1. The van der Waals surface area contributed by atoms with Gasteiger partial charge in [0.1, 0.15) is 16.3 Å². The summed E-state index contributed by atoms with van der Waals surface area (Å²) in [5.74, 6) is -0.950. The second-order valence-electron chi connectivity index (χ2n) is 4.91. The number of hydrogen-bond acceptors (Lipinski definition) is 4. The second kappa shape index (κ2) is 6.10. The van der Waals surface area contributed by atoms with E-state index in [9.17, 15) is 14.0 Å². The van der Waals surface area contributed by atoms with Crippen molar-refractivity contribution >= 4 is 39.1 Å². The third-order valence-corrected chi connectivity index (χ3v) is 4.49. The van der Waals surface area contributed by atoms with Crippen LogP contribution in [-0.2, 0) is 6.54 Å². The van der Waals surface area contributed by atoms with Gasteiger partial charge in [0, 0.05) is 7.05 Å². The molecule has 0 unspecified atom stereocenters. The molecule has 2 heterocycles. The quantitative estimate of drug-likeness (QED) is 0.788. The Morgan fingerprint density at radius 3 is 2.96 bits per heavy atom. The maximum atomic E-state index is 13.8. The van der Waals surface area contributed by atoms with E-state index in [0.29, 0.717) is 16.0 Å². The number of nitrogens with zero attached hydrogens (tertiary/aromatic N) is 2. The molecule has 3 aromatic rings. The number of nitrogens with one attached hydrogen (secondary N) is 1. The molecule has 0 bridgehead atoms. The maximum absolute atomic E-state index is 13.8.